The molecule has 13 nitrogen and oxygen atoms in total. The molecule has 0 bridgehead atoms. The van der Waals surface area contributed by atoms with Gasteiger partial charge in [-0.15, -0.1) is 5.10 Å². The summed E-state index contributed by atoms with van der Waals surface area (Å²) in [5.41, 5.74) is 5.87. The lowest BCUT2D eigenvalue weighted by molar-refractivity contribution is -0.152. The minimum Gasteiger partial charge on any atom is -0.461 e. The number of ether oxygens (including phenoxy) is 3. The summed E-state index contributed by atoms with van der Waals surface area (Å²) in [7, 11) is 0. The van der Waals surface area contributed by atoms with Crippen LogP contribution in [0.2, 0.25) is 0 Å². The lowest BCUT2D eigenvalue weighted by Gasteiger charge is -2.17. The van der Waals surface area contributed by atoms with Crippen molar-refractivity contribution in [1.82, 2.24) is 20.1 Å². The fourth-order valence-corrected chi connectivity index (χ4v) is 2.89. The molecule has 1 aromatic carbocycles. The molecule has 2 amide bonds. The van der Waals surface area contributed by atoms with Gasteiger partial charge in [0.2, 0.25) is 5.82 Å². The van der Waals surface area contributed by atoms with Crippen LogP contribution in [0.15, 0.2) is 36.7 Å². The number of alkyl carbamates (subject to hydrolysis) is 1. The molecule has 0 radical (unpaired) electrons. The fraction of sp³-hybridized carbons (Fsp3) is 0.421. The van der Waals surface area contributed by atoms with E-state index in [0.717, 1.165) is 16.6 Å². The molecule has 32 heavy (non-hydrogen) atoms. The molecule has 13 heteroatoms. The smallest absolute Gasteiger partial charge is 0.408 e. The van der Waals surface area contributed by atoms with E-state index in [4.69, 9.17) is 19.9 Å². The first-order valence-electron chi connectivity index (χ1n) is 9.62. The van der Waals surface area contributed by atoms with E-state index in [1.807, 2.05) is 6.07 Å². The highest BCUT2D eigenvalue weighted by atomic mass is 16.6. The van der Waals surface area contributed by atoms with Crippen molar-refractivity contribution in [3.63, 3.8) is 0 Å². The average molecular weight is 449 g/mol. The normalized spacial score (nSPS) is 23.3. The molecule has 0 spiro atoms. The summed E-state index contributed by atoms with van der Waals surface area (Å²) in [4.78, 5) is 38.8. The Balaban J connectivity index is 1.46. The number of nitrogens with zero attached hydrogens (tertiary/aromatic N) is 3. The lowest BCUT2D eigenvalue weighted by atomic mass is 10.1. The number of carbonyl (C=O) groups excluding carboxylic acids is 3. The number of esters is 1. The molecule has 2 aromatic rings. The molecule has 2 heterocycles. The van der Waals surface area contributed by atoms with Crippen LogP contribution < -0.4 is 11.1 Å². The summed E-state index contributed by atoms with van der Waals surface area (Å²) >= 11 is 0. The molecule has 172 valence electrons. The van der Waals surface area contributed by atoms with Crippen molar-refractivity contribution in [3.8, 4) is 0 Å². The maximum absolute atomic E-state index is 12.2. The Morgan fingerprint density at radius 3 is 2.59 bits per heavy atom. The van der Waals surface area contributed by atoms with Crippen LogP contribution in [0, 0.1) is 0 Å². The molecule has 1 aromatic heterocycles. The van der Waals surface area contributed by atoms with E-state index in [9.17, 15) is 24.6 Å². The Labute approximate surface area is 182 Å². The van der Waals surface area contributed by atoms with Crippen molar-refractivity contribution in [2.24, 2.45) is 5.73 Å². The number of carbonyl (C=O) groups is 3. The third-order valence-corrected chi connectivity index (χ3v) is 4.62. The van der Waals surface area contributed by atoms with Gasteiger partial charge in [-0.3, -0.25) is 4.79 Å². The molecule has 1 fully saturated rings. The van der Waals surface area contributed by atoms with Crippen LogP contribution in [-0.4, -0.2) is 73.9 Å². The zero-order chi connectivity index (χ0) is 23.3. The predicted molar refractivity (Wildman–Crippen MR) is 105 cm³/mol. The number of hydrogen-bond acceptors (Lipinski definition) is 10. The van der Waals surface area contributed by atoms with E-state index < -0.39 is 55.2 Å². The summed E-state index contributed by atoms with van der Waals surface area (Å²) in [6.45, 7) is 1.03. The Kier molecular flexibility index (Phi) is 7.35. The Morgan fingerprint density at radius 2 is 1.94 bits per heavy atom. The highest BCUT2D eigenvalue weighted by Gasteiger charge is 2.45. The summed E-state index contributed by atoms with van der Waals surface area (Å²) in [5.74, 6) is -1.96. The minimum absolute atomic E-state index is 0.0373. The van der Waals surface area contributed by atoms with Gasteiger partial charge in [-0.25, -0.2) is 19.3 Å². The standard InChI is InChI=1S/C19H23N5O8/c1-10(22-19(29)31-7-11-5-3-2-4-6-11)18(28)30-8-12-13(25)14(26)17(32-12)24-9-21-16(23-24)15(20)27/h2-6,9-10,12-14,17,25-26H,7-8H2,1H3,(H2,20,27)(H,22,29). The number of aliphatic hydroxyl groups excluding tert-OH is 2. The number of aromatic nitrogens is 3. The molecule has 3 rings (SSSR count). The van der Waals surface area contributed by atoms with Crippen molar-refractivity contribution < 1.29 is 38.8 Å². The molecule has 1 saturated heterocycles. The molecule has 1 aliphatic rings. The van der Waals surface area contributed by atoms with Gasteiger partial charge in [-0.05, 0) is 12.5 Å². The third-order valence-electron chi connectivity index (χ3n) is 4.62. The van der Waals surface area contributed by atoms with Crippen LogP contribution >= 0.6 is 0 Å². The number of nitrogens with two attached hydrogens (primary N) is 1. The van der Waals surface area contributed by atoms with Crippen molar-refractivity contribution in [3.05, 3.63) is 48.0 Å². The summed E-state index contributed by atoms with van der Waals surface area (Å²) in [6, 6.07) is 7.97. The van der Waals surface area contributed by atoms with Gasteiger partial charge < -0.3 is 35.5 Å². The number of hydrogen-bond donors (Lipinski definition) is 4. The lowest BCUT2D eigenvalue weighted by Crippen LogP contribution is -2.41. The first-order chi connectivity index (χ1) is 15.3. The molecule has 1 aliphatic heterocycles. The van der Waals surface area contributed by atoms with Crippen molar-refractivity contribution in [2.45, 2.75) is 44.1 Å². The highest BCUT2D eigenvalue weighted by Crippen LogP contribution is 2.29. The number of primary amides is 1. The SMILES string of the molecule is CC(NC(=O)OCc1ccccc1)C(=O)OCC1OC(n2cnc(C(N)=O)n2)C(O)C1O. The van der Waals surface area contributed by atoms with E-state index >= 15 is 0 Å². The van der Waals surface area contributed by atoms with Gasteiger partial charge in [0, 0.05) is 0 Å². The van der Waals surface area contributed by atoms with Crippen LogP contribution in [0.3, 0.4) is 0 Å². The monoisotopic (exact) mass is 449 g/mol. The second kappa shape index (κ2) is 10.2. The molecular weight excluding hydrogens is 426 g/mol. The largest absolute Gasteiger partial charge is 0.461 e. The summed E-state index contributed by atoms with van der Waals surface area (Å²) in [6.07, 6.45) is -4.78. The second-order valence-corrected chi connectivity index (χ2v) is 7.02. The van der Waals surface area contributed by atoms with Gasteiger partial charge in [-0.2, -0.15) is 0 Å². The molecular formula is C19H23N5O8. The van der Waals surface area contributed by atoms with Crippen LogP contribution in [0.25, 0.3) is 0 Å². The van der Waals surface area contributed by atoms with Crippen LogP contribution in [0.4, 0.5) is 4.79 Å². The van der Waals surface area contributed by atoms with Gasteiger partial charge in [0.25, 0.3) is 5.91 Å². The topological polar surface area (TPSA) is 188 Å². The number of amides is 2. The first kappa shape index (κ1) is 23.1. The summed E-state index contributed by atoms with van der Waals surface area (Å²) < 4.78 is 16.6. The zero-order valence-electron chi connectivity index (χ0n) is 17.0. The Hall–Kier alpha value is -3.55. The van der Waals surface area contributed by atoms with E-state index in [2.05, 4.69) is 15.4 Å². The first-order valence-corrected chi connectivity index (χ1v) is 9.62. The van der Waals surface area contributed by atoms with Gasteiger partial charge in [0.15, 0.2) is 6.23 Å². The van der Waals surface area contributed by atoms with Crippen LogP contribution in [0.1, 0.15) is 29.3 Å². The highest BCUT2D eigenvalue weighted by molar-refractivity contribution is 5.88. The van der Waals surface area contributed by atoms with Crippen molar-refractivity contribution >= 4 is 18.0 Å². The predicted octanol–water partition coefficient (Wildman–Crippen LogP) is -1.15. The van der Waals surface area contributed by atoms with Crippen molar-refractivity contribution in [1.29, 1.82) is 0 Å². The quantitative estimate of drug-likeness (QED) is 0.358. The van der Waals surface area contributed by atoms with E-state index in [-0.39, 0.29) is 12.4 Å². The minimum atomic E-state index is -1.43. The Morgan fingerprint density at radius 1 is 1.22 bits per heavy atom. The molecule has 5 N–H and O–H groups in total. The number of nitrogens with one attached hydrogen (secondary N) is 1. The van der Waals surface area contributed by atoms with Crippen LogP contribution in [-0.2, 0) is 25.6 Å². The van der Waals surface area contributed by atoms with Gasteiger partial charge >= 0.3 is 12.1 Å². The summed E-state index contributed by atoms with van der Waals surface area (Å²) in [5, 5.41) is 26.5. The van der Waals surface area contributed by atoms with Gasteiger partial charge in [0.05, 0.1) is 0 Å². The maximum Gasteiger partial charge on any atom is 0.408 e. The van der Waals surface area contributed by atoms with Gasteiger partial charge in [-0.1, -0.05) is 30.3 Å². The van der Waals surface area contributed by atoms with E-state index in [1.54, 1.807) is 24.3 Å². The molecule has 0 saturated carbocycles. The number of rotatable bonds is 8. The van der Waals surface area contributed by atoms with E-state index in [1.165, 1.54) is 6.92 Å². The molecule has 0 aliphatic carbocycles. The molecule has 5 unspecified atom stereocenters. The molecule has 5 atom stereocenters. The van der Waals surface area contributed by atoms with Crippen LogP contribution in [0.5, 0.6) is 0 Å². The van der Waals surface area contributed by atoms with Crippen molar-refractivity contribution in [2.75, 3.05) is 6.61 Å². The number of benzene rings is 1. The van der Waals surface area contributed by atoms with E-state index in [0.29, 0.717) is 0 Å². The average Bonchev–Trinajstić information content (AvgIpc) is 3.37. The van der Waals surface area contributed by atoms with Gasteiger partial charge in [0.1, 0.15) is 43.9 Å². The fourth-order valence-electron chi connectivity index (χ4n) is 2.89. The third kappa shape index (κ3) is 5.57. The maximum atomic E-state index is 12.2. The Bertz CT molecular complexity index is 952. The second-order valence-electron chi connectivity index (χ2n) is 7.02. The number of aliphatic hydroxyl groups is 2. The zero-order valence-corrected chi connectivity index (χ0v) is 17.0.